The number of nitrogens with one attached hydrogen (secondary N) is 2. The second-order valence-corrected chi connectivity index (χ2v) is 5.89. The van der Waals surface area contributed by atoms with E-state index in [4.69, 9.17) is 17.4 Å². The molecule has 0 saturated carbocycles. The van der Waals surface area contributed by atoms with Gasteiger partial charge in [0.2, 0.25) is 10.0 Å². The Morgan fingerprint density at radius 2 is 2.10 bits per heavy atom. The van der Waals surface area contributed by atoms with Gasteiger partial charge in [-0.15, -0.1) is 0 Å². The summed E-state index contributed by atoms with van der Waals surface area (Å²) < 4.78 is 65.3. The van der Waals surface area contributed by atoms with Crippen LogP contribution in [-0.4, -0.2) is 39.3 Å². The summed E-state index contributed by atoms with van der Waals surface area (Å²) in [6.07, 6.45) is -3.46. The fourth-order valence-corrected chi connectivity index (χ4v) is 2.46. The van der Waals surface area contributed by atoms with Crippen LogP contribution in [0, 0.1) is 0 Å². The molecule has 21 heavy (non-hydrogen) atoms. The van der Waals surface area contributed by atoms with Gasteiger partial charge in [0.15, 0.2) is 5.82 Å². The molecular formula is C9H12ClF3N4O3S. The lowest BCUT2D eigenvalue weighted by molar-refractivity contribution is -0.173. The van der Waals surface area contributed by atoms with Crippen LogP contribution in [0.3, 0.4) is 0 Å². The maximum Gasteiger partial charge on any atom is 0.411 e. The Morgan fingerprint density at radius 1 is 1.43 bits per heavy atom. The van der Waals surface area contributed by atoms with Crippen LogP contribution in [0.5, 0.6) is 0 Å². The third-order valence-corrected chi connectivity index (χ3v) is 3.78. The molecule has 0 amide bonds. The Bertz CT molecular complexity index is 582. The highest BCUT2D eigenvalue weighted by Crippen LogP contribution is 2.21. The fourth-order valence-electron chi connectivity index (χ4n) is 1.19. The van der Waals surface area contributed by atoms with Crippen molar-refractivity contribution < 1.29 is 26.3 Å². The van der Waals surface area contributed by atoms with E-state index in [9.17, 15) is 21.6 Å². The van der Waals surface area contributed by atoms with Crippen molar-refractivity contribution in [2.24, 2.45) is 5.84 Å². The van der Waals surface area contributed by atoms with Gasteiger partial charge in [-0.3, -0.25) is 0 Å². The number of anilines is 1. The van der Waals surface area contributed by atoms with Crippen LogP contribution >= 0.6 is 11.6 Å². The van der Waals surface area contributed by atoms with Crippen molar-refractivity contribution in [2.75, 3.05) is 25.2 Å². The number of hydrogen-bond acceptors (Lipinski definition) is 6. The minimum absolute atomic E-state index is 0.0197. The molecule has 0 saturated heterocycles. The number of nitrogens with zero attached hydrogens (tertiary/aromatic N) is 1. The van der Waals surface area contributed by atoms with Crippen molar-refractivity contribution in [3.63, 3.8) is 0 Å². The lowest BCUT2D eigenvalue weighted by atomic mass is 10.5. The van der Waals surface area contributed by atoms with Crippen LogP contribution in [0.4, 0.5) is 19.0 Å². The first-order valence-electron chi connectivity index (χ1n) is 5.42. The van der Waals surface area contributed by atoms with E-state index in [0.29, 0.717) is 0 Å². The van der Waals surface area contributed by atoms with Gasteiger partial charge >= 0.3 is 6.18 Å². The highest BCUT2D eigenvalue weighted by Gasteiger charge is 2.27. The van der Waals surface area contributed by atoms with E-state index in [1.54, 1.807) is 0 Å². The Kier molecular flexibility index (Phi) is 6.16. The zero-order valence-corrected chi connectivity index (χ0v) is 12.0. The van der Waals surface area contributed by atoms with E-state index in [1.807, 2.05) is 0 Å². The van der Waals surface area contributed by atoms with Crippen molar-refractivity contribution in [3.05, 3.63) is 17.3 Å². The Balaban J connectivity index is 2.56. The first-order chi connectivity index (χ1) is 9.65. The third-order valence-electron chi connectivity index (χ3n) is 2.07. The highest BCUT2D eigenvalue weighted by molar-refractivity contribution is 7.89. The topological polar surface area (TPSA) is 106 Å². The molecule has 12 heteroatoms. The van der Waals surface area contributed by atoms with E-state index in [-0.39, 0.29) is 22.3 Å². The predicted molar refractivity (Wildman–Crippen MR) is 69.1 cm³/mol. The molecule has 1 aromatic heterocycles. The molecule has 7 nitrogen and oxygen atoms in total. The predicted octanol–water partition coefficient (Wildman–Crippen LogP) is 0.878. The van der Waals surface area contributed by atoms with Gasteiger partial charge in [0, 0.05) is 12.7 Å². The number of aromatic nitrogens is 1. The quantitative estimate of drug-likeness (QED) is 0.383. The number of rotatable bonds is 7. The van der Waals surface area contributed by atoms with Crippen LogP contribution in [0.15, 0.2) is 17.2 Å². The summed E-state index contributed by atoms with van der Waals surface area (Å²) in [5, 5.41) is -0.0197. The number of halogens is 4. The molecule has 4 N–H and O–H groups in total. The van der Waals surface area contributed by atoms with Crippen LogP contribution in [0.25, 0.3) is 0 Å². The number of hydrazine groups is 1. The van der Waals surface area contributed by atoms with Crippen LogP contribution < -0.4 is 16.0 Å². The molecule has 1 heterocycles. The average Bonchev–Trinajstić information content (AvgIpc) is 2.36. The Labute approximate surface area is 123 Å². The zero-order chi connectivity index (χ0) is 16.1. The van der Waals surface area contributed by atoms with Gasteiger partial charge in [0.1, 0.15) is 11.5 Å². The number of nitrogens with two attached hydrogens (primary N) is 1. The molecule has 0 aliphatic carbocycles. The lowest BCUT2D eigenvalue weighted by Crippen LogP contribution is -2.29. The Hall–Kier alpha value is -1.14. The summed E-state index contributed by atoms with van der Waals surface area (Å²) >= 11 is 5.72. The standard InChI is InChI=1S/C9H12ClF3N4O3S/c10-7-3-6(4-15-8(7)17-14)21(18,19)16-1-2-20-5-9(11,12)13/h3-4,16H,1-2,5,14H2,(H,15,17). The van der Waals surface area contributed by atoms with E-state index >= 15 is 0 Å². The third kappa shape index (κ3) is 6.01. The van der Waals surface area contributed by atoms with E-state index < -0.39 is 29.4 Å². The van der Waals surface area contributed by atoms with Gasteiger partial charge in [-0.2, -0.15) is 13.2 Å². The molecule has 1 aromatic rings. The summed E-state index contributed by atoms with van der Waals surface area (Å²) in [5.41, 5.74) is 2.16. The van der Waals surface area contributed by atoms with Crippen molar-refractivity contribution in [2.45, 2.75) is 11.1 Å². The smallest absolute Gasteiger partial charge is 0.371 e. The van der Waals surface area contributed by atoms with Crippen LogP contribution in [-0.2, 0) is 14.8 Å². The second-order valence-electron chi connectivity index (χ2n) is 3.71. The van der Waals surface area contributed by atoms with Gasteiger partial charge in [-0.05, 0) is 6.07 Å². The summed E-state index contributed by atoms with van der Waals surface area (Å²) in [6, 6.07) is 1.10. The maximum absolute atomic E-state index is 11.8. The van der Waals surface area contributed by atoms with Gasteiger partial charge in [-0.1, -0.05) is 11.6 Å². The first-order valence-corrected chi connectivity index (χ1v) is 7.28. The second kappa shape index (κ2) is 7.22. The first kappa shape index (κ1) is 17.9. The van der Waals surface area contributed by atoms with Crippen LogP contribution in [0.2, 0.25) is 5.02 Å². The molecule has 0 fully saturated rings. The fraction of sp³-hybridized carbons (Fsp3) is 0.444. The van der Waals surface area contributed by atoms with E-state index in [1.165, 1.54) is 0 Å². The molecule has 0 radical (unpaired) electrons. The van der Waals surface area contributed by atoms with Crippen molar-refractivity contribution in [1.82, 2.24) is 9.71 Å². The number of ether oxygens (including phenoxy) is 1. The lowest BCUT2D eigenvalue weighted by Gasteiger charge is -2.10. The van der Waals surface area contributed by atoms with Crippen molar-refractivity contribution in [3.8, 4) is 0 Å². The summed E-state index contributed by atoms with van der Waals surface area (Å²) in [5.74, 6) is 5.18. The molecule has 0 aliphatic heterocycles. The largest absolute Gasteiger partial charge is 0.411 e. The highest BCUT2D eigenvalue weighted by atomic mass is 35.5. The SMILES string of the molecule is NNc1ncc(S(=O)(=O)NCCOCC(F)(F)F)cc1Cl. The normalized spacial score (nSPS) is 12.4. The van der Waals surface area contributed by atoms with Crippen molar-refractivity contribution >= 4 is 27.4 Å². The monoisotopic (exact) mass is 348 g/mol. The number of nitrogen functional groups attached to an aromatic ring is 1. The summed E-state index contributed by atoms with van der Waals surface area (Å²) in [6.45, 7) is -2.20. The molecule has 0 atom stereocenters. The van der Waals surface area contributed by atoms with Gasteiger partial charge in [-0.25, -0.2) is 24.0 Å². The molecule has 0 bridgehead atoms. The molecule has 0 aromatic carbocycles. The number of sulfonamides is 1. The number of hydrogen-bond donors (Lipinski definition) is 3. The molecule has 0 unspecified atom stereocenters. The molecule has 120 valence electrons. The number of alkyl halides is 3. The summed E-state index contributed by atoms with van der Waals surface area (Å²) in [4.78, 5) is 3.42. The average molecular weight is 349 g/mol. The van der Waals surface area contributed by atoms with Crippen molar-refractivity contribution in [1.29, 1.82) is 0 Å². The van der Waals surface area contributed by atoms with E-state index in [0.717, 1.165) is 12.3 Å². The van der Waals surface area contributed by atoms with Gasteiger partial charge in [0.25, 0.3) is 0 Å². The number of pyridine rings is 1. The van der Waals surface area contributed by atoms with Gasteiger partial charge < -0.3 is 10.2 Å². The van der Waals surface area contributed by atoms with Gasteiger partial charge in [0.05, 0.1) is 11.6 Å². The van der Waals surface area contributed by atoms with E-state index in [2.05, 4.69) is 19.9 Å². The zero-order valence-electron chi connectivity index (χ0n) is 10.4. The minimum Gasteiger partial charge on any atom is -0.371 e. The molecule has 1 rings (SSSR count). The molecular weight excluding hydrogens is 337 g/mol. The minimum atomic E-state index is -4.46. The summed E-state index contributed by atoms with van der Waals surface area (Å²) in [7, 11) is -3.95. The molecule has 0 aliphatic rings. The molecule has 0 spiro atoms. The van der Waals surface area contributed by atoms with Crippen LogP contribution in [0.1, 0.15) is 0 Å². The maximum atomic E-state index is 11.8. The Morgan fingerprint density at radius 3 is 2.62 bits per heavy atom.